The maximum Gasteiger partial charge on any atom is 0.233 e. The van der Waals surface area contributed by atoms with Gasteiger partial charge < -0.3 is 0 Å². The summed E-state index contributed by atoms with van der Waals surface area (Å²) in [4.78, 5) is 37.5. The molecule has 0 aromatic heterocycles. The zero-order valence-corrected chi connectivity index (χ0v) is 14.8. The summed E-state index contributed by atoms with van der Waals surface area (Å²) < 4.78 is 0. The maximum absolute atomic E-state index is 12.2. The van der Waals surface area contributed by atoms with Gasteiger partial charge in [-0.3, -0.25) is 19.3 Å². The molecule has 1 fully saturated rings. The summed E-state index contributed by atoms with van der Waals surface area (Å²) >= 11 is 0. The van der Waals surface area contributed by atoms with Crippen LogP contribution in [0.1, 0.15) is 73.1 Å². The molecule has 1 saturated heterocycles. The van der Waals surface area contributed by atoms with Crippen LogP contribution in [0.5, 0.6) is 0 Å². The first kappa shape index (κ1) is 18.9. The van der Waals surface area contributed by atoms with Crippen LogP contribution >= 0.6 is 0 Å². The van der Waals surface area contributed by atoms with Crippen molar-refractivity contribution in [1.82, 2.24) is 4.90 Å². The largest absolute Gasteiger partial charge is 0.299 e. The second-order valence-electron chi connectivity index (χ2n) is 7.41. The number of amides is 2. The fourth-order valence-electron chi connectivity index (χ4n) is 2.73. The van der Waals surface area contributed by atoms with Gasteiger partial charge in [-0.25, -0.2) is 0 Å². The van der Waals surface area contributed by atoms with Crippen molar-refractivity contribution in [2.45, 2.75) is 73.1 Å². The molecule has 0 saturated carbocycles. The Labute approximate surface area is 134 Å². The lowest BCUT2D eigenvalue weighted by Gasteiger charge is -2.20. The Bertz CT molecular complexity index is 426. The first-order valence-electron chi connectivity index (χ1n) is 8.58. The molecule has 2 amide bonds. The third kappa shape index (κ3) is 4.65. The number of nitrogens with zero attached hydrogens (tertiary/aromatic N) is 1. The van der Waals surface area contributed by atoms with Gasteiger partial charge in [0, 0.05) is 30.7 Å². The molecule has 1 heterocycles. The topological polar surface area (TPSA) is 54.5 Å². The molecule has 0 aromatic carbocycles. The fourth-order valence-corrected chi connectivity index (χ4v) is 2.73. The van der Waals surface area contributed by atoms with Crippen molar-refractivity contribution in [2.75, 3.05) is 6.54 Å². The van der Waals surface area contributed by atoms with Gasteiger partial charge in [-0.2, -0.15) is 0 Å². The van der Waals surface area contributed by atoms with E-state index in [9.17, 15) is 14.4 Å². The van der Waals surface area contributed by atoms with Crippen LogP contribution in [0.25, 0.3) is 0 Å². The summed E-state index contributed by atoms with van der Waals surface area (Å²) in [5, 5.41) is 0. The van der Waals surface area contributed by atoms with Gasteiger partial charge in [0.1, 0.15) is 5.78 Å². The molecule has 1 rings (SSSR count). The standard InChI is InChI=1S/C18H31NO3/c1-6-18(4,5)15(20)10-8-7-9-11-19-16(21)12-14(13(2)3)17(19)22/h13-14H,6-12H2,1-5H3. The normalized spacial score (nSPS) is 19.4. The Morgan fingerprint density at radius 3 is 2.36 bits per heavy atom. The van der Waals surface area contributed by atoms with Crippen molar-refractivity contribution >= 4 is 17.6 Å². The second kappa shape index (κ2) is 7.89. The van der Waals surface area contributed by atoms with Crippen molar-refractivity contribution in [3.63, 3.8) is 0 Å². The fraction of sp³-hybridized carbons (Fsp3) is 0.833. The highest BCUT2D eigenvalue weighted by Crippen LogP contribution is 2.27. The molecule has 1 unspecified atom stereocenters. The number of hydrogen-bond acceptors (Lipinski definition) is 3. The van der Waals surface area contributed by atoms with Gasteiger partial charge >= 0.3 is 0 Å². The van der Waals surface area contributed by atoms with E-state index in [1.165, 1.54) is 4.90 Å². The molecule has 0 bridgehead atoms. The van der Waals surface area contributed by atoms with E-state index in [1.807, 2.05) is 34.6 Å². The van der Waals surface area contributed by atoms with Crippen LogP contribution in [-0.4, -0.2) is 29.0 Å². The summed E-state index contributed by atoms with van der Waals surface area (Å²) in [6, 6.07) is 0. The molecule has 0 radical (unpaired) electrons. The monoisotopic (exact) mass is 309 g/mol. The minimum absolute atomic E-state index is 0.0109. The number of likely N-dealkylation sites (tertiary alicyclic amines) is 1. The first-order chi connectivity index (χ1) is 10.2. The molecule has 0 spiro atoms. The van der Waals surface area contributed by atoms with Crippen molar-refractivity contribution < 1.29 is 14.4 Å². The van der Waals surface area contributed by atoms with Crippen molar-refractivity contribution in [3.8, 4) is 0 Å². The van der Waals surface area contributed by atoms with Crippen molar-refractivity contribution in [2.24, 2.45) is 17.3 Å². The van der Waals surface area contributed by atoms with Crippen LogP contribution in [0.2, 0.25) is 0 Å². The van der Waals surface area contributed by atoms with Crippen LogP contribution in [0, 0.1) is 17.3 Å². The maximum atomic E-state index is 12.2. The van der Waals surface area contributed by atoms with Crippen LogP contribution in [0.4, 0.5) is 0 Å². The van der Waals surface area contributed by atoms with E-state index < -0.39 is 0 Å². The summed E-state index contributed by atoms with van der Waals surface area (Å²) in [5.41, 5.74) is -0.231. The smallest absolute Gasteiger partial charge is 0.233 e. The Morgan fingerprint density at radius 2 is 1.86 bits per heavy atom. The highest BCUT2D eigenvalue weighted by atomic mass is 16.2. The Morgan fingerprint density at radius 1 is 1.23 bits per heavy atom. The van der Waals surface area contributed by atoms with Gasteiger partial charge in [-0.05, 0) is 25.2 Å². The van der Waals surface area contributed by atoms with Crippen LogP contribution in [-0.2, 0) is 14.4 Å². The molecule has 126 valence electrons. The van der Waals surface area contributed by atoms with Gasteiger partial charge in [-0.15, -0.1) is 0 Å². The number of Topliss-reactive ketones (excluding diaryl/α,β-unsaturated/α-hetero) is 1. The predicted molar refractivity (Wildman–Crippen MR) is 87.2 cm³/mol. The first-order valence-corrected chi connectivity index (χ1v) is 8.58. The van der Waals surface area contributed by atoms with Gasteiger partial charge in [0.25, 0.3) is 0 Å². The lowest BCUT2D eigenvalue weighted by molar-refractivity contribution is -0.139. The van der Waals surface area contributed by atoms with E-state index in [2.05, 4.69) is 0 Å². The summed E-state index contributed by atoms with van der Waals surface area (Å²) in [6.07, 6.45) is 4.33. The highest BCUT2D eigenvalue weighted by molar-refractivity contribution is 6.03. The molecule has 0 aliphatic carbocycles. The SMILES string of the molecule is CCC(C)(C)C(=O)CCCCCN1C(=O)CC(C(C)C)C1=O. The quantitative estimate of drug-likeness (QED) is 0.483. The molecule has 0 N–H and O–H groups in total. The number of unbranched alkanes of at least 4 members (excludes halogenated alkanes) is 2. The van der Waals surface area contributed by atoms with Gasteiger partial charge in [0.05, 0.1) is 0 Å². The average Bonchev–Trinajstić information content (AvgIpc) is 2.74. The van der Waals surface area contributed by atoms with E-state index >= 15 is 0 Å². The Balaban J connectivity index is 2.30. The summed E-state index contributed by atoms with van der Waals surface area (Å²) in [5.74, 6) is 0.341. The van der Waals surface area contributed by atoms with Crippen molar-refractivity contribution in [3.05, 3.63) is 0 Å². The number of rotatable bonds is 9. The van der Waals surface area contributed by atoms with E-state index in [0.717, 1.165) is 25.7 Å². The molecule has 0 aromatic rings. The van der Waals surface area contributed by atoms with Gasteiger partial charge in [-0.1, -0.05) is 41.0 Å². The van der Waals surface area contributed by atoms with Crippen molar-refractivity contribution in [1.29, 1.82) is 0 Å². The summed E-state index contributed by atoms with van der Waals surface area (Å²) in [7, 11) is 0. The van der Waals surface area contributed by atoms with E-state index in [1.54, 1.807) is 0 Å². The van der Waals surface area contributed by atoms with Gasteiger partial charge in [0.2, 0.25) is 11.8 Å². The molecule has 4 heteroatoms. The molecule has 22 heavy (non-hydrogen) atoms. The van der Waals surface area contributed by atoms with Gasteiger partial charge in [0.15, 0.2) is 0 Å². The predicted octanol–water partition coefficient (Wildman–Crippen LogP) is 3.58. The number of ketones is 1. The number of carbonyl (C=O) groups excluding carboxylic acids is 3. The van der Waals surface area contributed by atoms with E-state index in [4.69, 9.17) is 0 Å². The number of imide groups is 1. The molecular weight excluding hydrogens is 278 g/mol. The highest BCUT2D eigenvalue weighted by Gasteiger charge is 2.39. The lowest BCUT2D eigenvalue weighted by atomic mass is 9.83. The molecule has 1 aliphatic rings. The number of carbonyl (C=O) groups is 3. The minimum Gasteiger partial charge on any atom is -0.299 e. The Kier molecular flexibility index (Phi) is 6.76. The molecule has 4 nitrogen and oxygen atoms in total. The number of hydrogen-bond donors (Lipinski definition) is 0. The van der Waals surface area contributed by atoms with Crippen LogP contribution in [0.3, 0.4) is 0 Å². The molecular formula is C18H31NO3. The summed E-state index contributed by atoms with van der Waals surface area (Å²) in [6.45, 7) is 10.5. The van der Waals surface area contributed by atoms with E-state index in [0.29, 0.717) is 25.2 Å². The third-order valence-electron chi connectivity index (χ3n) is 5.01. The van der Waals surface area contributed by atoms with Crippen LogP contribution in [0.15, 0.2) is 0 Å². The lowest BCUT2D eigenvalue weighted by Crippen LogP contribution is -2.32. The molecule has 1 aliphatic heterocycles. The third-order valence-corrected chi connectivity index (χ3v) is 5.01. The average molecular weight is 309 g/mol. The second-order valence-corrected chi connectivity index (χ2v) is 7.41. The molecule has 1 atom stereocenters. The van der Waals surface area contributed by atoms with Crippen LogP contribution < -0.4 is 0 Å². The minimum atomic E-state index is -0.231. The Hall–Kier alpha value is -1.19. The zero-order valence-electron chi connectivity index (χ0n) is 14.8. The van der Waals surface area contributed by atoms with E-state index in [-0.39, 0.29) is 29.1 Å². The zero-order chi connectivity index (χ0) is 16.9.